The molecule has 0 radical (unpaired) electrons. The van der Waals surface area contributed by atoms with Gasteiger partial charge in [-0.3, -0.25) is 14.4 Å². The summed E-state index contributed by atoms with van der Waals surface area (Å²) in [5, 5.41) is 14.3. The Hall–Kier alpha value is -3.14. The second-order valence-corrected chi connectivity index (χ2v) is 7.60. The fraction of sp³-hybridized carbons (Fsp3) is 0.250. The number of benzene rings is 2. The van der Waals surface area contributed by atoms with Gasteiger partial charge in [0.25, 0.3) is 5.91 Å². The Morgan fingerprint density at radius 1 is 1.18 bits per heavy atom. The van der Waals surface area contributed by atoms with E-state index in [4.69, 9.17) is 4.74 Å². The normalized spacial score (nSPS) is 15.8. The van der Waals surface area contributed by atoms with Crippen LogP contribution in [0, 0.1) is 0 Å². The summed E-state index contributed by atoms with van der Waals surface area (Å²) in [5.41, 5.74) is 2.45. The van der Waals surface area contributed by atoms with Gasteiger partial charge in [-0.05, 0) is 22.8 Å². The molecule has 1 heterocycles. The van der Waals surface area contributed by atoms with Gasteiger partial charge in [0.1, 0.15) is 5.75 Å². The molecule has 1 aliphatic rings. The Morgan fingerprint density at radius 3 is 2.62 bits per heavy atom. The first-order valence-electron chi connectivity index (χ1n) is 10.3. The second-order valence-electron chi connectivity index (χ2n) is 7.60. The summed E-state index contributed by atoms with van der Waals surface area (Å²) in [6.45, 7) is 0. The van der Waals surface area contributed by atoms with Crippen LogP contribution in [0.1, 0.15) is 30.6 Å². The first kappa shape index (κ1) is 27.1. The third-order valence-electron chi connectivity index (χ3n) is 5.24. The molecule has 9 nitrogen and oxygen atoms in total. The zero-order chi connectivity index (χ0) is 24.0. The van der Waals surface area contributed by atoms with Gasteiger partial charge in [-0.2, -0.15) is 0 Å². The number of likely N-dealkylation sites (N-methyl/N-ethyl adjacent to an activating group) is 1. The molecule has 2 aromatic rings. The average Bonchev–Trinajstić information content (AvgIpc) is 2.79. The van der Waals surface area contributed by atoms with Crippen LogP contribution in [0.25, 0.3) is 0 Å². The molecule has 2 atom stereocenters. The maximum atomic E-state index is 12.6. The van der Waals surface area contributed by atoms with Gasteiger partial charge in [-0.1, -0.05) is 42.5 Å². The van der Waals surface area contributed by atoms with Gasteiger partial charge in [0.2, 0.25) is 0 Å². The van der Waals surface area contributed by atoms with Gasteiger partial charge in [-0.15, -0.1) is 0 Å². The van der Waals surface area contributed by atoms with E-state index in [1.54, 1.807) is 19.2 Å². The molecule has 10 heteroatoms. The summed E-state index contributed by atoms with van der Waals surface area (Å²) in [7, 11) is 3.06. The smallest absolute Gasteiger partial charge is 1.00 e. The summed E-state index contributed by atoms with van der Waals surface area (Å²) in [6, 6.07) is 11.7. The van der Waals surface area contributed by atoms with Crippen LogP contribution in [0.4, 0.5) is 4.79 Å². The summed E-state index contributed by atoms with van der Waals surface area (Å²) >= 11 is 0. The summed E-state index contributed by atoms with van der Waals surface area (Å²) in [6.07, 6.45) is 2.69. The number of ketones is 1. The molecule has 3 N–H and O–H groups in total. The number of hydrogen-bond donors (Lipinski definition) is 3. The molecule has 0 aliphatic carbocycles. The van der Waals surface area contributed by atoms with Crippen molar-refractivity contribution in [2.24, 2.45) is 0 Å². The number of carboxylic acid groups (broad SMARTS) is 1. The molecule has 2 unspecified atom stereocenters. The fourth-order valence-corrected chi connectivity index (χ4v) is 3.56. The van der Waals surface area contributed by atoms with Crippen LogP contribution in [0.3, 0.4) is 0 Å². The monoisotopic (exact) mass is 475 g/mol. The second kappa shape index (κ2) is 12.4. The average molecular weight is 475 g/mol. The number of methoxy groups -OCH3 is 1. The zero-order valence-corrected chi connectivity index (χ0v) is 21.3. The van der Waals surface area contributed by atoms with Crippen LogP contribution >= 0.6 is 0 Å². The van der Waals surface area contributed by atoms with Crippen molar-refractivity contribution in [2.45, 2.75) is 24.9 Å². The molecular formula is C24H26N3NaO6. The predicted molar refractivity (Wildman–Crippen MR) is 121 cm³/mol. The summed E-state index contributed by atoms with van der Waals surface area (Å²) < 4.78 is 5.39. The van der Waals surface area contributed by atoms with Crippen LogP contribution in [0.15, 0.2) is 60.8 Å². The number of nitrogens with zero attached hydrogens (tertiary/aromatic N) is 1. The molecule has 174 valence electrons. The number of urea groups is 1. The molecule has 1 aliphatic heterocycles. The van der Waals surface area contributed by atoms with E-state index in [0.717, 1.165) is 16.9 Å². The van der Waals surface area contributed by atoms with Crippen molar-refractivity contribution in [3.63, 3.8) is 0 Å². The number of para-hydroxylation sites is 1. The minimum absolute atomic E-state index is 0. The van der Waals surface area contributed by atoms with Gasteiger partial charge < -0.3 is 26.8 Å². The van der Waals surface area contributed by atoms with Crippen molar-refractivity contribution in [1.82, 2.24) is 15.5 Å². The van der Waals surface area contributed by atoms with Crippen LogP contribution in [0.5, 0.6) is 5.75 Å². The zero-order valence-electron chi connectivity index (χ0n) is 20.3. The van der Waals surface area contributed by atoms with Gasteiger partial charge in [0.15, 0.2) is 11.8 Å². The Kier molecular flexibility index (Phi) is 9.85. The molecule has 0 saturated heterocycles. The molecule has 0 spiro atoms. The third kappa shape index (κ3) is 6.93. The number of aliphatic carboxylic acids is 1. The number of hydrogen-bond acceptors (Lipinski definition) is 5. The maximum Gasteiger partial charge on any atom is 1.00 e. The number of carboxylic acids is 1. The van der Waals surface area contributed by atoms with E-state index >= 15 is 0 Å². The first-order chi connectivity index (χ1) is 15.8. The van der Waals surface area contributed by atoms with E-state index in [9.17, 15) is 24.3 Å². The largest absolute Gasteiger partial charge is 1.00 e. The van der Waals surface area contributed by atoms with Crippen molar-refractivity contribution < 1.29 is 60.0 Å². The molecule has 3 amide bonds. The molecule has 0 fully saturated rings. The number of carbonyl (C=O) groups excluding carboxylic acids is 3. The van der Waals surface area contributed by atoms with Crippen LogP contribution in [-0.2, 0) is 20.8 Å². The fourth-order valence-electron chi connectivity index (χ4n) is 3.56. The number of nitrogens with one attached hydrogen (secondary N) is 2. The topological polar surface area (TPSA) is 125 Å². The predicted octanol–water partition coefficient (Wildman–Crippen LogP) is -0.859. The van der Waals surface area contributed by atoms with E-state index in [1.807, 2.05) is 36.4 Å². The maximum absolute atomic E-state index is 12.6. The summed E-state index contributed by atoms with van der Waals surface area (Å²) in [5.74, 6) is -1.50. The number of carbonyl (C=O) groups is 4. The van der Waals surface area contributed by atoms with Crippen molar-refractivity contribution >= 4 is 23.7 Å². The van der Waals surface area contributed by atoms with Crippen LogP contribution < -0.4 is 44.9 Å². The Labute approximate surface area is 220 Å². The third-order valence-corrected chi connectivity index (χ3v) is 5.24. The molecule has 34 heavy (non-hydrogen) atoms. The summed E-state index contributed by atoms with van der Waals surface area (Å²) in [4.78, 5) is 49.4. The van der Waals surface area contributed by atoms with Gasteiger partial charge in [0, 0.05) is 25.7 Å². The minimum atomic E-state index is -1.36. The molecule has 0 saturated carbocycles. The Morgan fingerprint density at radius 2 is 1.91 bits per heavy atom. The van der Waals surface area contributed by atoms with E-state index in [0.29, 0.717) is 12.0 Å². The van der Waals surface area contributed by atoms with E-state index in [1.165, 1.54) is 24.2 Å². The van der Waals surface area contributed by atoms with Crippen molar-refractivity contribution in [3.05, 3.63) is 77.5 Å². The van der Waals surface area contributed by atoms with Crippen molar-refractivity contribution in [2.75, 3.05) is 14.2 Å². The quantitative estimate of drug-likeness (QED) is 0.337. The van der Waals surface area contributed by atoms with Gasteiger partial charge in [-0.25, -0.2) is 4.79 Å². The first-order valence-corrected chi connectivity index (χ1v) is 10.3. The van der Waals surface area contributed by atoms with E-state index < -0.39 is 35.8 Å². The van der Waals surface area contributed by atoms with Crippen LogP contribution in [0.2, 0.25) is 0 Å². The molecule has 0 bridgehead atoms. The van der Waals surface area contributed by atoms with Gasteiger partial charge >= 0.3 is 41.6 Å². The van der Waals surface area contributed by atoms with Crippen LogP contribution in [-0.4, -0.2) is 53.9 Å². The van der Waals surface area contributed by atoms with Gasteiger partial charge in [0.05, 0.1) is 19.6 Å². The number of amides is 3. The standard InChI is InChI=1S/C24H25N3O6.Na.H/c1-27-11-10-19(28)22(23(27)31)26-24(32)25-18(14-21(29)30)16-8-5-6-15(12-16)13-17-7-3-4-9-20(17)33-2;;/h3-12,18,22H,13-14H2,1-2H3,(H,29,30)(H2,25,26,32);;/q;+1;-1. The Balaban J connectivity index is 0.00000306. The van der Waals surface area contributed by atoms with E-state index in [-0.39, 0.29) is 37.4 Å². The molecule has 2 aromatic carbocycles. The molecular weight excluding hydrogens is 449 g/mol. The molecule has 0 aromatic heterocycles. The number of ether oxygens (including phenoxy) is 1. The SMILES string of the molecule is COc1ccccc1Cc1cccc(C(CC(=O)O)NC(=O)NC2C(=O)C=CN(C)C2=O)c1.[H-].[Na+]. The number of rotatable bonds is 8. The van der Waals surface area contributed by atoms with Crippen molar-refractivity contribution in [3.8, 4) is 5.75 Å². The Bertz CT molecular complexity index is 1110. The van der Waals surface area contributed by atoms with E-state index in [2.05, 4.69) is 10.6 Å². The minimum Gasteiger partial charge on any atom is -1.00 e. The van der Waals surface area contributed by atoms with Crippen molar-refractivity contribution in [1.29, 1.82) is 0 Å². The molecule has 3 rings (SSSR count).